The third kappa shape index (κ3) is 1.97. The fourth-order valence-corrected chi connectivity index (χ4v) is 0.871. The van der Waals surface area contributed by atoms with Gasteiger partial charge in [-0.15, -0.1) is 0 Å². The van der Waals surface area contributed by atoms with Crippen LogP contribution in [0.5, 0.6) is 0 Å². The molecule has 0 aliphatic carbocycles. The highest BCUT2D eigenvalue weighted by Gasteiger charge is 2.06. The van der Waals surface area contributed by atoms with Crippen LogP contribution in [0.25, 0.3) is 4.98 Å². The Hall–Kier alpha value is -0.980. The standard InChI is InChI=1S/C6H4Cl2N3/c7-11(8)6-3-1-2-5(4-6)10-9/h1-4H/q+1. The predicted molar refractivity (Wildman–Crippen MR) is 45.4 cm³/mol. The van der Waals surface area contributed by atoms with Crippen molar-refractivity contribution >= 4 is 34.9 Å². The first-order valence-corrected chi connectivity index (χ1v) is 3.48. The van der Waals surface area contributed by atoms with Crippen molar-refractivity contribution in [2.24, 2.45) is 0 Å². The van der Waals surface area contributed by atoms with Crippen LogP contribution in [-0.4, -0.2) is 0 Å². The first kappa shape index (κ1) is 8.12. The van der Waals surface area contributed by atoms with Gasteiger partial charge >= 0.3 is 5.69 Å². The fraction of sp³-hybridized carbons (Fsp3) is 0. The molecule has 1 rings (SSSR count). The van der Waals surface area contributed by atoms with Crippen LogP contribution in [0.4, 0.5) is 11.4 Å². The van der Waals surface area contributed by atoms with Crippen molar-refractivity contribution < 1.29 is 0 Å². The van der Waals surface area contributed by atoms with Gasteiger partial charge in [-0.2, -0.15) is 3.94 Å². The van der Waals surface area contributed by atoms with Gasteiger partial charge in [0.1, 0.15) is 0 Å². The molecule has 0 aliphatic rings. The maximum absolute atomic E-state index is 8.36. The van der Waals surface area contributed by atoms with Crippen molar-refractivity contribution in [2.45, 2.75) is 0 Å². The number of hydrogen-bond donors (Lipinski definition) is 0. The lowest BCUT2D eigenvalue weighted by molar-refractivity contribution is 1.46. The lowest BCUT2D eigenvalue weighted by Crippen LogP contribution is -1.89. The van der Waals surface area contributed by atoms with Gasteiger partial charge in [0.25, 0.3) is 0 Å². The minimum absolute atomic E-state index is 0.411. The van der Waals surface area contributed by atoms with E-state index in [9.17, 15) is 0 Å². The van der Waals surface area contributed by atoms with E-state index < -0.39 is 0 Å². The Morgan fingerprint density at radius 3 is 2.64 bits per heavy atom. The van der Waals surface area contributed by atoms with E-state index in [-0.39, 0.29) is 0 Å². The molecular formula is C6H4Cl2N3+. The van der Waals surface area contributed by atoms with Crippen molar-refractivity contribution in [1.82, 2.24) is 0 Å². The maximum atomic E-state index is 8.36. The summed E-state index contributed by atoms with van der Waals surface area (Å²) in [6.07, 6.45) is 0. The quantitative estimate of drug-likeness (QED) is 0.501. The van der Waals surface area contributed by atoms with Gasteiger partial charge < -0.3 is 0 Å². The fourth-order valence-electron chi connectivity index (χ4n) is 0.660. The summed E-state index contributed by atoms with van der Waals surface area (Å²) >= 11 is 10.8. The van der Waals surface area contributed by atoms with E-state index in [1.807, 2.05) is 0 Å². The van der Waals surface area contributed by atoms with E-state index in [0.717, 1.165) is 3.94 Å². The minimum Gasteiger partial charge on any atom is -0.194 e. The molecule has 0 aliphatic heterocycles. The first-order valence-electron chi connectivity index (χ1n) is 2.81. The zero-order valence-electron chi connectivity index (χ0n) is 5.41. The maximum Gasteiger partial charge on any atom is 0.387 e. The SMILES string of the molecule is N#[N+]c1cccc(N(Cl)Cl)c1. The highest BCUT2D eigenvalue weighted by atomic mass is 35.5. The molecular weight excluding hydrogens is 185 g/mol. The number of halogens is 2. The summed E-state index contributed by atoms with van der Waals surface area (Å²) in [6, 6.07) is 6.54. The number of nitrogens with zero attached hydrogens (tertiary/aromatic N) is 3. The van der Waals surface area contributed by atoms with Gasteiger partial charge in [0.05, 0.1) is 11.8 Å². The Kier molecular flexibility index (Phi) is 2.53. The van der Waals surface area contributed by atoms with Gasteiger partial charge in [0.15, 0.2) is 4.98 Å². The molecule has 0 saturated carbocycles. The third-order valence-corrected chi connectivity index (χ3v) is 1.53. The number of hydrogen-bond acceptors (Lipinski definition) is 2. The lowest BCUT2D eigenvalue weighted by atomic mass is 10.3. The highest BCUT2D eigenvalue weighted by Crippen LogP contribution is 2.23. The summed E-state index contributed by atoms with van der Waals surface area (Å²) < 4.78 is 0.898. The molecule has 0 unspecified atom stereocenters. The van der Waals surface area contributed by atoms with Gasteiger partial charge in [-0.25, -0.2) is 0 Å². The largest absolute Gasteiger partial charge is 0.387 e. The second-order valence-corrected chi connectivity index (χ2v) is 2.70. The van der Waals surface area contributed by atoms with Gasteiger partial charge in [-0.3, -0.25) is 0 Å². The molecule has 0 saturated heterocycles. The second-order valence-electron chi connectivity index (χ2n) is 1.85. The zero-order valence-corrected chi connectivity index (χ0v) is 6.92. The minimum atomic E-state index is 0.411. The summed E-state index contributed by atoms with van der Waals surface area (Å²) in [4.78, 5) is 2.97. The van der Waals surface area contributed by atoms with Crippen LogP contribution in [0, 0.1) is 5.39 Å². The summed E-state index contributed by atoms with van der Waals surface area (Å²) in [6.45, 7) is 0. The lowest BCUT2D eigenvalue weighted by Gasteiger charge is -2.01. The van der Waals surface area contributed by atoms with Crippen LogP contribution >= 0.6 is 23.6 Å². The topological polar surface area (TPSA) is 31.4 Å². The Balaban J connectivity index is 3.03. The monoisotopic (exact) mass is 188 g/mol. The molecule has 1 aromatic rings. The van der Waals surface area contributed by atoms with E-state index in [4.69, 9.17) is 28.9 Å². The van der Waals surface area contributed by atoms with Crippen LogP contribution in [0.3, 0.4) is 0 Å². The Morgan fingerprint density at radius 1 is 1.36 bits per heavy atom. The molecule has 0 aromatic heterocycles. The van der Waals surface area contributed by atoms with E-state index in [1.165, 1.54) is 0 Å². The molecule has 56 valence electrons. The third-order valence-electron chi connectivity index (χ3n) is 1.14. The molecule has 0 N–H and O–H groups in total. The van der Waals surface area contributed by atoms with Crippen LogP contribution in [0.1, 0.15) is 0 Å². The molecule has 0 radical (unpaired) electrons. The molecule has 0 spiro atoms. The Morgan fingerprint density at radius 2 is 2.09 bits per heavy atom. The summed E-state index contributed by atoms with van der Waals surface area (Å²) in [5, 5.41) is 8.36. The normalized spacial score (nSPS) is 8.82. The van der Waals surface area contributed by atoms with Crippen LogP contribution in [0.2, 0.25) is 0 Å². The molecule has 0 atom stereocenters. The van der Waals surface area contributed by atoms with Crippen molar-refractivity contribution in [1.29, 1.82) is 5.39 Å². The van der Waals surface area contributed by atoms with Gasteiger partial charge in [-0.05, 0) is 6.07 Å². The molecule has 3 nitrogen and oxygen atoms in total. The molecule has 0 heterocycles. The molecule has 0 fully saturated rings. The van der Waals surface area contributed by atoms with Crippen molar-refractivity contribution in [2.75, 3.05) is 3.94 Å². The average Bonchev–Trinajstić information content (AvgIpc) is 2.05. The van der Waals surface area contributed by atoms with Crippen molar-refractivity contribution in [3.8, 4) is 0 Å². The van der Waals surface area contributed by atoms with Crippen LogP contribution < -0.4 is 3.94 Å². The Labute approximate surface area is 74.0 Å². The predicted octanol–water partition coefficient (Wildman–Crippen LogP) is 3.29. The van der Waals surface area contributed by atoms with Crippen molar-refractivity contribution in [3.63, 3.8) is 0 Å². The first-order chi connectivity index (χ1) is 5.24. The van der Waals surface area contributed by atoms with E-state index >= 15 is 0 Å². The molecule has 0 bridgehead atoms. The summed E-state index contributed by atoms with van der Waals surface area (Å²) in [7, 11) is 0. The number of diazo groups is 1. The smallest absolute Gasteiger partial charge is 0.194 e. The molecule has 11 heavy (non-hydrogen) atoms. The number of benzene rings is 1. The molecule has 1 aromatic carbocycles. The van der Waals surface area contributed by atoms with Crippen LogP contribution in [-0.2, 0) is 0 Å². The van der Waals surface area contributed by atoms with Crippen molar-refractivity contribution in [3.05, 3.63) is 29.2 Å². The number of anilines is 1. The molecule has 5 heteroatoms. The summed E-state index contributed by atoms with van der Waals surface area (Å²) in [5.74, 6) is 0. The van der Waals surface area contributed by atoms with Crippen LogP contribution in [0.15, 0.2) is 24.3 Å². The van der Waals surface area contributed by atoms with Gasteiger partial charge in [0, 0.05) is 29.6 Å². The zero-order chi connectivity index (χ0) is 8.27. The Bertz CT molecular complexity index is 292. The van der Waals surface area contributed by atoms with Gasteiger partial charge in [0.2, 0.25) is 5.39 Å². The number of rotatable bonds is 1. The highest BCUT2D eigenvalue weighted by molar-refractivity contribution is 6.49. The van der Waals surface area contributed by atoms with Gasteiger partial charge in [-0.1, -0.05) is 6.07 Å². The molecule has 0 amide bonds. The average molecular weight is 189 g/mol. The summed E-state index contributed by atoms with van der Waals surface area (Å²) in [5.41, 5.74) is 0.970. The van der Waals surface area contributed by atoms with E-state index in [1.54, 1.807) is 24.3 Å². The van der Waals surface area contributed by atoms with E-state index in [0.29, 0.717) is 11.4 Å². The second kappa shape index (κ2) is 3.42. The van der Waals surface area contributed by atoms with E-state index in [2.05, 4.69) is 4.98 Å².